The minimum atomic E-state index is -0.927. The predicted octanol–water partition coefficient (Wildman–Crippen LogP) is 1.70. The molecule has 0 aliphatic carbocycles. The van der Waals surface area contributed by atoms with E-state index in [1.165, 1.54) is 0 Å². The van der Waals surface area contributed by atoms with Crippen molar-refractivity contribution in [3.05, 3.63) is 29.3 Å². The molecule has 1 aromatic rings. The molecule has 3 N–H and O–H groups in total. The second-order valence-corrected chi connectivity index (χ2v) is 3.66. The molecule has 1 amide bonds. The molecule has 0 saturated heterocycles. The first-order valence-corrected chi connectivity index (χ1v) is 5.66. The molecule has 4 nitrogen and oxygen atoms in total. The Morgan fingerprint density at radius 3 is 2.78 bits per heavy atom. The zero-order valence-electron chi connectivity index (χ0n) is 10.1. The van der Waals surface area contributed by atoms with Crippen LogP contribution in [0.4, 0.5) is 14.5 Å². The van der Waals surface area contributed by atoms with Crippen LogP contribution >= 0.6 is 0 Å². The fourth-order valence-corrected chi connectivity index (χ4v) is 1.36. The van der Waals surface area contributed by atoms with Gasteiger partial charge in [0.2, 0.25) is 0 Å². The molecular formula is C12H16F2N2O2. The van der Waals surface area contributed by atoms with Crippen molar-refractivity contribution in [2.75, 3.05) is 25.5 Å². The van der Waals surface area contributed by atoms with E-state index in [-0.39, 0.29) is 11.3 Å². The number of amides is 1. The molecule has 6 heteroatoms. The summed E-state index contributed by atoms with van der Waals surface area (Å²) in [4.78, 5) is 11.6. The van der Waals surface area contributed by atoms with Crippen LogP contribution in [0.2, 0.25) is 0 Å². The Bertz CT molecular complexity index is 425. The second-order valence-electron chi connectivity index (χ2n) is 3.66. The lowest BCUT2D eigenvalue weighted by Gasteiger charge is -2.07. The van der Waals surface area contributed by atoms with Gasteiger partial charge in [-0.05, 0) is 19.4 Å². The Morgan fingerprint density at radius 2 is 2.11 bits per heavy atom. The summed E-state index contributed by atoms with van der Waals surface area (Å²) >= 11 is 0. The fraction of sp³-hybridized carbons (Fsp3) is 0.417. The number of carbonyl (C=O) groups is 1. The van der Waals surface area contributed by atoms with Gasteiger partial charge in [0.05, 0.1) is 11.3 Å². The number of hydrogen-bond acceptors (Lipinski definition) is 3. The highest BCUT2D eigenvalue weighted by Gasteiger charge is 2.14. The van der Waals surface area contributed by atoms with Crippen molar-refractivity contribution in [3.63, 3.8) is 0 Å². The first-order valence-electron chi connectivity index (χ1n) is 5.66. The number of ether oxygens (including phenoxy) is 1. The summed E-state index contributed by atoms with van der Waals surface area (Å²) in [6, 6.07) is 1.59. The average Bonchev–Trinajstić information content (AvgIpc) is 2.33. The fourth-order valence-electron chi connectivity index (χ4n) is 1.36. The molecule has 0 atom stereocenters. The number of nitrogen functional groups attached to an aromatic ring is 1. The van der Waals surface area contributed by atoms with Crippen molar-refractivity contribution in [1.82, 2.24) is 5.32 Å². The van der Waals surface area contributed by atoms with Crippen molar-refractivity contribution < 1.29 is 18.3 Å². The van der Waals surface area contributed by atoms with E-state index in [1.807, 2.05) is 6.92 Å². The first-order chi connectivity index (χ1) is 8.56. The standard InChI is InChI=1S/C12H16F2N2O2/c1-2-18-5-3-4-16-12(17)8-6-11(15)10(14)7-9(8)13/h6-7H,2-5,15H2,1H3,(H,16,17). The van der Waals surface area contributed by atoms with E-state index in [9.17, 15) is 13.6 Å². The van der Waals surface area contributed by atoms with Gasteiger partial charge in [0.25, 0.3) is 5.91 Å². The minimum Gasteiger partial charge on any atom is -0.396 e. The van der Waals surface area contributed by atoms with Crippen LogP contribution in [0.1, 0.15) is 23.7 Å². The number of rotatable bonds is 6. The predicted molar refractivity (Wildman–Crippen MR) is 64.2 cm³/mol. The van der Waals surface area contributed by atoms with Gasteiger partial charge in [-0.25, -0.2) is 8.78 Å². The van der Waals surface area contributed by atoms with Gasteiger partial charge < -0.3 is 15.8 Å². The van der Waals surface area contributed by atoms with Crippen LogP contribution in [0, 0.1) is 11.6 Å². The average molecular weight is 258 g/mol. The molecule has 100 valence electrons. The van der Waals surface area contributed by atoms with Crippen LogP contribution in [-0.4, -0.2) is 25.7 Å². The van der Waals surface area contributed by atoms with Crippen LogP contribution in [0.3, 0.4) is 0 Å². The van der Waals surface area contributed by atoms with Gasteiger partial charge in [0.15, 0.2) is 0 Å². The van der Waals surface area contributed by atoms with Gasteiger partial charge in [-0.15, -0.1) is 0 Å². The van der Waals surface area contributed by atoms with Crippen molar-refractivity contribution in [2.45, 2.75) is 13.3 Å². The number of hydrogen-bond donors (Lipinski definition) is 2. The maximum absolute atomic E-state index is 13.3. The largest absolute Gasteiger partial charge is 0.396 e. The molecule has 0 heterocycles. The lowest BCUT2D eigenvalue weighted by atomic mass is 10.1. The third kappa shape index (κ3) is 3.96. The number of halogens is 2. The summed E-state index contributed by atoms with van der Waals surface area (Å²) in [5.74, 6) is -2.42. The van der Waals surface area contributed by atoms with Crippen LogP contribution in [-0.2, 0) is 4.74 Å². The molecule has 0 fully saturated rings. The molecule has 0 unspecified atom stereocenters. The minimum absolute atomic E-state index is 0.254. The van der Waals surface area contributed by atoms with Crippen LogP contribution in [0.5, 0.6) is 0 Å². The number of nitrogens with two attached hydrogens (primary N) is 1. The van der Waals surface area contributed by atoms with Crippen molar-refractivity contribution in [1.29, 1.82) is 0 Å². The Morgan fingerprint density at radius 1 is 1.39 bits per heavy atom. The highest BCUT2D eigenvalue weighted by molar-refractivity contribution is 5.95. The zero-order valence-corrected chi connectivity index (χ0v) is 10.1. The van der Waals surface area contributed by atoms with E-state index in [0.29, 0.717) is 32.2 Å². The lowest BCUT2D eigenvalue weighted by Crippen LogP contribution is -2.26. The van der Waals surface area contributed by atoms with Crippen molar-refractivity contribution >= 4 is 11.6 Å². The summed E-state index contributed by atoms with van der Waals surface area (Å²) in [5, 5.41) is 2.51. The molecule has 0 aliphatic rings. The molecule has 1 aromatic carbocycles. The Labute approximate surface area is 104 Å². The van der Waals surface area contributed by atoms with Crippen LogP contribution in [0.25, 0.3) is 0 Å². The number of benzene rings is 1. The molecule has 0 saturated carbocycles. The zero-order chi connectivity index (χ0) is 13.5. The Hall–Kier alpha value is -1.69. The summed E-state index contributed by atoms with van der Waals surface area (Å²) in [7, 11) is 0. The van der Waals surface area contributed by atoms with E-state index in [1.54, 1.807) is 0 Å². The van der Waals surface area contributed by atoms with Gasteiger partial charge in [0, 0.05) is 25.8 Å². The molecule has 0 aliphatic heterocycles. The van der Waals surface area contributed by atoms with E-state index >= 15 is 0 Å². The quantitative estimate of drug-likeness (QED) is 0.603. The van der Waals surface area contributed by atoms with E-state index in [2.05, 4.69) is 5.32 Å². The van der Waals surface area contributed by atoms with Crippen LogP contribution in [0.15, 0.2) is 12.1 Å². The smallest absolute Gasteiger partial charge is 0.254 e. The second kappa shape index (κ2) is 6.90. The number of nitrogens with one attached hydrogen (secondary N) is 1. The molecule has 0 radical (unpaired) electrons. The molecule has 18 heavy (non-hydrogen) atoms. The van der Waals surface area contributed by atoms with Gasteiger partial charge in [-0.3, -0.25) is 4.79 Å². The van der Waals surface area contributed by atoms with Gasteiger partial charge in [-0.1, -0.05) is 0 Å². The number of carbonyl (C=O) groups excluding carboxylic acids is 1. The first kappa shape index (κ1) is 14.4. The van der Waals surface area contributed by atoms with Gasteiger partial charge in [0.1, 0.15) is 11.6 Å². The number of anilines is 1. The lowest BCUT2D eigenvalue weighted by molar-refractivity contribution is 0.0940. The monoisotopic (exact) mass is 258 g/mol. The molecule has 0 spiro atoms. The van der Waals surface area contributed by atoms with E-state index in [4.69, 9.17) is 10.5 Å². The molecule has 1 rings (SSSR count). The normalized spacial score (nSPS) is 10.4. The van der Waals surface area contributed by atoms with Gasteiger partial charge in [-0.2, -0.15) is 0 Å². The highest BCUT2D eigenvalue weighted by Crippen LogP contribution is 2.16. The maximum atomic E-state index is 13.3. The topological polar surface area (TPSA) is 64.3 Å². The van der Waals surface area contributed by atoms with E-state index < -0.39 is 17.5 Å². The SMILES string of the molecule is CCOCCCNC(=O)c1cc(N)c(F)cc1F. The Kier molecular flexibility index (Phi) is 5.51. The molecular weight excluding hydrogens is 242 g/mol. The third-order valence-corrected chi connectivity index (χ3v) is 2.29. The Balaban J connectivity index is 2.54. The maximum Gasteiger partial charge on any atom is 0.254 e. The van der Waals surface area contributed by atoms with Crippen molar-refractivity contribution in [3.8, 4) is 0 Å². The summed E-state index contributed by atoms with van der Waals surface area (Å²) in [6.45, 7) is 3.35. The van der Waals surface area contributed by atoms with Crippen LogP contribution < -0.4 is 11.1 Å². The molecule has 0 aromatic heterocycles. The van der Waals surface area contributed by atoms with Crippen molar-refractivity contribution in [2.24, 2.45) is 0 Å². The third-order valence-electron chi connectivity index (χ3n) is 2.29. The molecule has 0 bridgehead atoms. The summed E-state index contributed by atoms with van der Waals surface area (Å²) in [5.41, 5.74) is 4.77. The summed E-state index contributed by atoms with van der Waals surface area (Å²) in [6.07, 6.45) is 0.623. The van der Waals surface area contributed by atoms with E-state index in [0.717, 1.165) is 6.07 Å². The summed E-state index contributed by atoms with van der Waals surface area (Å²) < 4.78 is 31.3. The highest BCUT2D eigenvalue weighted by atomic mass is 19.1. The van der Waals surface area contributed by atoms with Gasteiger partial charge >= 0.3 is 0 Å².